The summed E-state index contributed by atoms with van der Waals surface area (Å²) < 4.78 is 10.7. The van der Waals surface area contributed by atoms with Crippen molar-refractivity contribution in [1.82, 2.24) is 4.90 Å². The number of carbonyl (C=O) groups excluding carboxylic acids is 1. The van der Waals surface area contributed by atoms with Crippen molar-refractivity contribution in [3.05, 3.63) is 75.3 Å². The molecule has 0 saturated heterocycles. The molecule has 0 unspecified atom stereocenters. The topological polar surface area (TPSA) is 42.7 Å². The molecule has 0 aliphatic rings. The first-order valence-corrected chi connectivity index (χ1v) is 8.65. The van der Waals surface area contributed by atoms with E-state index in [4.69, 9.17) is 20.8 Å². The number of thiophene rings is 1. The van der Waals surface area contributed by atoms with Gasteiger partial charge in [-0.3, -0.25) is 4.79 Å². The molecule has 0 fully saturated rings. The summed E-state index contributed by atoms with van der Waals surface area (Å²) in [6.45, 7) is 0.857. The average molecular weight is 362 g/mol. The van der Waals surface area contributed by atoms with Gasteiger partial charge in [-0.25, -0.2) is 0 Å². The molecule has 1 aromatic carbocycles. The van der Waals surface area contributed by atoms with E-state index in [2.05, 4.69) is 0 Å². The van der Waals surface area contributed by atoms with Crippen molar-refractivity contribution in [2.75, 3.05) is 7.11 Å². The van der Waals surface area contributed by atoms with Crippen molar-refractivity contribution in [1.29, 1.82) is 0 Å². The quantitative estimate of drug-likeness (QED) is 0.630. The van der Waals surface area contributed by atoms with Gasteiger partial charge in [0.15, 0.2) is 0 Å². The Morgan fingerprint density at radius 3 is 2.83 bits per heavy atom. The van der Waals surface area contributed by atoms with Crippen LogP contribution in [0.15, 0.2) is 57.8 Å². The Balaban J connectivity index is 1.91. The Labute approximate surface area is 149 Å². The maximum atomic E-state index is 13.1. The molecule has 0 radical (unpaired) electrons. The molecule has 4 nitrogen and oxygen atoms in total. The third-order valence-corrected chi connectivity index (χ3v) is 4.53. The summed E-state index contributed by atoms with van der Waals surface area (Å²) in [5.74, 6) is 1.07. The van der Waals surface area contributed by atoms with Crippen LogP contribution in [-0.4, -0.2) is 17.9 Å². The molecule has 3 rings (SSSR count). The van der Waals surface area contributed by atoms with Crippen molar-refractivity contribution in [2.24, 2.45) is 0 Å². The second-order valence-corrected chi connectivity index (χ2v) is 6.43. The van der Waals surface area contributed by atoms with E-state index in [-0.39, 0.29) is 5.91 Å². The highest BCUT2D eigenvalue weighted by Gasteiger charge is 2.21. The van der Waals surface area contributed by atoms with Gasteiger partial charge in [-0.05, 0) is 52.7 Å². The molecule has 2 heterocycles. The van der Waals surface area contributed by atoms with Gasteiger partial charge in [0.05, 0.1) is 25.5 Å². The number of carbonyl (C=O) groups is 1. The Morgan fingerprint density at radius 1 is 1.29 bits per heavy atom. The highest BCUT2D eigenvalue weighted by Crippen LogP contribution is 2.26. The van der Waals surface area contributed by atoms with E-state index in [9.17, 15) is 4.79 Å². The van der Waals surface area contributed by atoms with Gasteiger partial charge in [0, 0.05) is 11.6 Å². The summed E-state index contributed by atoms with van der Waals surface area (Å²) in [6.07, 6.45) is 1.60. The molecule has 24 heavy (non-hydrogen) atoms. The van der Waals surface area contributed by atoms with Crippen molar-refractivity contribution >= 4 is 28.8 Å². The van der Waals surface area contributed by atoms with E-state index in [1.807, 2.05) is 29.0 Å². The molecule has 124 valence electrons. The first-order valence-electron chi connectivity index (χ1n) is 7.33. The minimum atomic E-state index is -0.156. The van der Waals surface area contributed by atoms with Gasteiger partial charge in [-0.15, -0.1) is 0 Å². The van der Waals surface area contributed by atoms with E-state index in [1.54, 1.807) is 40.7 Å². The molecule has 0 bridgehead atoms. The number of halogens is 1. The van der Waals surface area contributed by atoms with Crippen LogP contribution in [0.3, 0.4) is 0 Å². The van der Waals surface area contributed by atoms with Crippen LogP contribution in [0.5, 0.6) is 5.75 Å². The van der Waals surface area contributed by atoms with Gasteiger partial charge >= 0.3 is 0 Å². The summed E-state index contributed by atoms with van der Waals surface area (Å²) in [7, 11) is 1.54. The van der Waals surface area contributed by atoms with E-state index >= 15 is 0 Å². The number of ether oxygens (including phenoxy) is 1. The average Bonchev–Trinajstić information content (AvgIpc) is 3.27. The Bertz CT molecular complexity index is 764. The van der Waals surface area contributed by atoms with Crippen molar-refractivity contribution in [3.63, 3.8) is 0 Å². The summed E-state index contributed by atoms with van der Waals surface area (Å²) in [5, 5.41) is 4.51. The number of furan rings is 1. The number of hydrogen-bond acceptors (Lipinski definition) is 4. The Kier molecular flexibility index (Phi) is 5.23. The standard InChI is InChI=1S/C18H16ClNO3S/c1-22-17-5-4-14(19)9-16(17)18(21)20(10-13-6-8-24-12-13)11-15-3-2-7-23-15/h2-9,12H,10-11H2,1H3. The molecule has 0 aliphatic heterocycles. The number of rotatable bonds is 6. The predicted octanol–water partition coefficient (Wildman–Crippen LogP) is 4.85. The minimum absolute atomic E-state index is 0.156. The summed E-state index contributed by atoms with van der Waals surface area (Å²) in [5.41, 5.74) is 1.51. The zero-order valence-corrected chi connectivity index (χ0v) is 14.6. The van der Waals surface area contributed by atoms with E-state index in [0.29, 0.717) is 29.4 Å². The number of benzene rings is 1. The number of methoxy groups -OCH3 is 1. The zero-order valence-electron chi connectivity index (χ0n) is 13.1. The fraction of sp³-hybridized carbons (Fsp3) is 0.167. The van der Waals surface area contributed by atoms with Crippen LogP contribution in [0.4, 0.5) is 0 Å². The Hall–Kier alpha value is -2.24. The molecule has 0 aliphatic carbocycles. The third kappa shape index (κ3) is 3.80. The third-order valence-electron chi connectivity index (χ3n) is 3.56. The van der Waals surface area contributed by atoms with E-state index in [0.717, 1.165) is 11.3 Å². The fourth-order valence-electron chi connectivity index (χ4n) is 2.41. The van der Waals surface area contributed by atoms with Gasteiger partial charge in [0.2, 0.25) is 0 Å². The highest BCUT2D eigenvalue weighted by molar-refractivity contribution is 7.07. The van der Waals surface area contributed by atoms with Crippen LogP contribution in [0.1, 0.15) is 21.7 Å². The highest BCUT2D eigenvalue weighted by atomic mass is 35.5. The van der Waals surface area contributed by atoms with Gasteiger partial charge in [-0.1, -0.05) is 11.6 Å². The monoisotopic (exact) mass is 361 g/mol. The van der Waals surface area contributed by atoms with E-state index < -0.39 is 0 Å². The number of nitrogens with zero attached hydrogens (tertiary/aromatic N) is 1. The minimum Gasteiger partial charge on any atom is -0.496 e. The van der Waals surface area contributed by atoms with Gasteiger partial charge in [0.25, 0.3) is 5.91 Å². The van der Waals surface area contributed by atoms with E-state index in [1.165, 1.54) is 7.11 Å². The van der Waals surface area contributed by atoms with Crippen molar-refractivity contribution in [2.45, 2.75) is 13.1 Å². The Morgan fingerprint density at radius 2 is 2.17 bits per heavy atom. The maximum Gasteiger partial charge on any atom is 0.258 e. The van der Waals surface area contributed by atoms with Gasteiger partial charge < -0.3 is 14.1 Å². The van der Waals surface area contributed by atoms with Crippen LogP contribution in [-0.2, 0) is 13.1 Å². The van der Waals surface area contributed by atoms with Gasteiger partial charge in [0.1, 0.15) is 11.5 Å². The molecule has 0 spiro atoms. The molecule has 0 saturated carbocycles. The first-order chi connectivity index (χ1) is 11.7. The molecule has 2 aromatic heterocycles. The van der Waals surface area contributed by atoms with Crippen LogP contribution in [0, 0.1) is 0 Å². The molecule has 6 heteroatoms. The molecule has 0 atom stereocenters. The van der Waals surface area contributed by atoms with Crippen LogP contribution in [0.2, 0.25) is 5.02 Å². The zero-order chi connectivity index (χ0) is 16.9. The van der Waals surface area contributed by atoms with Crippen LogP contribution >= 0.6 is 22.9 Å². The van der Waals surface area contributed by atoms with Gasteiger partial charge in [-0.2, -0.15) is 11.3 Å². The lowest BCUT2D eigenvalue weighted by Crippen LogP contribution is -2.30. The van der Waals surface area contributed by atoms with Crippen molar-refractivity contribution < 1.29 is 13.9 Å². The molecule has 0 N–H and O–H groups in total. The normalized spacial score (nSPS) is 10.6. The lowest BCUT2D eigenvalue weighted by Gasteiger charge is -2.22. The molecular weight excluding hydrogens is 346 g/mol. The second kappa shape index (κ2) is 7.55. The second-order valence-electron chi connectivity index (χ2n) is 5.22. The predicted molar refractivity (Wildman–Crippen MR) is 94.6 cm³/mol. The van der Waals surface area contributed by atoms with Crippen molar-refractivity contribution in [3.8, 4) is 5.75 Å². The summed E-state index contributed by atoms with van der Waals surface area (Å²) >= 11 is 7.66. The lowest BCUT2D eigenvalue weighted by atomic mass is 10.1. The molecule has 3 aromatic rings. The smallest absolute Gasteiger partial charge is 0.258 e. The molecular formula is C18H16ClNO3S. The number of amides is 1. The SMILES string of the molecule is COc1ccc(Cl)cc1C(=O)N(Cc1ccsc1)Cc1ccco1. The fourth-order valence-corrected chi connectivity index (χ4v) is 3.24. The van der Waals surface area contributed by atoms with Crippen LogP contribution < -0.4 is 4.74 Å². The molecule has 1 amide bonds. The lowest BCUT2D eigenvalue weighted by molar-refractivity contribution is 0.0714. The number of hydrogen-bond donors (Lipinski definition) is 0. The summed E-state index contributed by atoms with van der Waals surface area (Å²) in [6, 6.07) is 10.7. The first kappa shape index (κ1) is 16.6. The maximum absolute atomic E-state index is 13.1. The van der Waals surface area contributed by atoms with Crippen LogP contribution in [0.25, 0.3) is 0 Å². The summed E-state index contributed by atoms with van der Waals surface area (Å²) in [4.78, 5) is 14.8. The largest absolute Gasteiger partial charge is 0.496 e.